The van der Waals surface area contributed by atoms with E-state index in [1.807, 2.05) is 0 Å². The Hall–Kier alpha value is -2.77. The van der Waals surface area contributed by atoms with Gasteiger partial charge in [0.1, 0.15) is 10.8 Å². The van der Waals surface area contributed by atoms with Crippen molar-refractivity contribution >= 4 is 51.4 Å². The number of nitrogens with zero attached hydrogens (tertiary/aromatic N) is 8. The minimum absolute atomic E-state index is 0.0482. The fraction of sp³-hybridized carbons (Fsp3) is 0.571. The molecule has 4 rings (SSSR count). The Morgan fingerprint density at radius 2 is 2.18 bits per heavy atom. The molecule has 0 aliphatic carbocycles. The molecule has 2 aromatic rings. The first kappa shape index (κ1) is 23.4. The number of carboxylic acid groups (broad SMARTS) is 1. The zero-order valence-corrected chi connectivity index (χ0v) is 19.2. The summed E-state index contributed by atoms with van der Waals surface area (Å²) in [5.74, 6) is -3.17. The van der Waals surface area contributed by atoms with Crippen LogP contribution in [0.15, 0.2) is 16.0 Å². The molecular weight excluding hydrogens is 504 g/mol. The Labute approximate surface area is 193 Å². The number of β-lactam (4-membered cyclic amide) rings is 1. The van der Waals surface area contributed by atoms with Crippen molar-refractivity contribution in [2.24, 2.45) is 5.41 Å². The van der Waals surface area contributed by atoms with Crippen LogP contribution < -0.4 is 5.01 Å². The fourth-order valence-electron chi connectivity index (χ4n) is 3.41. The first-order valence-corrected chi connectivity index (χ1v) is 12.7. The highest BCUT2D eigenvalue weighted by molar-refractivity contribution is 8.00. The number of rotatable bonds is 8. The van der Waals surface area contributed by atoms with Crippen LogP contribution in [0.2, 0.25) is 0 Å². The molecular formula is C14H16N8O8S3. The number of carboxylic acids is 1. The van der Waals surface area contributed by atoms with E-state index in [1.165, 1.54) is 29.9 Å². The molecule has 16 nitrogen and oxygen atoms in total. The maximum absolute atomic E-state index is 12.9. The van der Waals surface area contributed by atoms with Crippen LogP contribution in [0.25, 0.3) is 0 Å². The maximum atomic E-state index is 12.9. The van der Waals surface area contributed by atoms with Crippen LogP contribution in [0, 0.1) is 5.41 Å². The molecule has 3 atom stereocenters. The van der Waals surface area contributed by atoms with Crippen LogP contribution in [-0.2, 0) is 30.3 Å². The number of aliphatic carboxylic acids is 1. The van der Waals surface area contributed by atoms with Gasteiger partial charge in [-0.25, -0.2) is 5.01 Å². The quantitative estimate of drug-likeness (QED) is 0.220. The summed E-state index contributed by atoms with van der Waals surface area (Å²) in [6, 6.07) is -0.880. The predicted octanol–water partition coefficient (Wildman–Crippen LogP) is -1.92. The number of fused-ring (bicyclic) bond motifs is 1. The number of hydrogen-bond donors (Lipinski definition) is 2. The lowest BCUT2D eigenvalue weighted by Gasteiger charge is -2.55. The van der Waals surface area contributed by atoms with E-state index in [4.69, 9.17) is 8.97 Å². The summed E-state index contributed by atoms with van der Waals surface area (Å²) < 4.78 is 35.8. The van der Waals surface area contributed by atoms with E-state index in [9.17, 15) is 27.9 Å². The first-order valence-electron chi connectivity index (χ1n) is 9.10. The molecule has 2 unspecified atom stereocenters. The standard InChI is InChI=1S/C14H16N8O8S3/c1-7(23)22(21-6-15-18-19-21)9-10(24)20-3-14(12(25)26,4-31-11(9)20)5-32-13-17-16-8(30-13)2-33(27,28)29/h6,9,11H,2-5H2,1H3,(H,25,26)(H,27,28,29)/t9?,11-,14?/m1/s1. The lowest BCUT2D eigenvalue weighted by atomic mass is 9.89. The molecule has 0 aromatic carbocycles. The van der Waals surface area contributed by atoms with E-state index < -0.39 is 50.5 Å². The lowest BCUT2D eigenvalue weighted by molar-refractivity contribution is -0.157. The lowest BCUT2D eigenvalue weighted by Crippen LogP contribution is -2.76. The van der Waals surface area contributed by atoms with Crippen molar-refractivity contribution in [3.63, 3.8) is 0 Å². The van der Waals surface area contributed by atoms with E-state index in [2.05, 4.69) is 25.7 Å². The molecule has 0 bridgehead atoms. The third kappa shape index (κ3) is 4.52. The SMILES string of the molecule is CC(=O)N(C1C(=O)N2CC(CSc3nnc(CS(=O)(=O)O)o3)(C(=O)O)CS[C@H]12)n1cnnn1. The molecule has 2 aromatic heterocycles. The largest absolute Gasteiger partial charge is 0.481 e. The Morgan fingerprint density at radius 3 is 2.79 bits per heavy atom. The fourth-order valence-corrected chi connectivity index (χ4v) is 6.52. The molecule has 178 valence electrons. The first-order chi connectivity index (χ1) is 15.5. The average Bonchev–Trinajstić information content (AvgIpc) is 3.40. The molecule has 19 heteroatoms. The normalized spacial score (nSPS) is 24.8. The number of amides is 2. The van der Waals surface area contributed by atoms with Gasteiger partial charge < -0.3 is 14.4 Å². The van der Waals surface area contributed by atoms with Gasteiger partial charge in [0.15, 0.2) is 18.1 Å². The average molecular weight is 521 g/mol. The van der Waals surface area contributed by atoms with Gasteiger partial charge in [-0.15, -0.1) is 31.8 Å². The van der Waals surface area contributed by atoms with Crippen LogP contribution in [-0.4, -0.2) is 101 Å². The second kappa shape index (κ2) is 8.54. The van der Waals surface area contributed by atoms with Crippen LogP contribution in [0.1, 0.15) is 12.8 Å². The van der Waals surface area contributed by atoms with Gasteiger partial charge in [-0.05, 0) is 10.4 Å². The van der Waals surface area contributed by atoms with Crippen molar-refractivity contribution in [3.8, 4) is 0 Å². The minimum Gasteiger partial charge on any atom is -0.481 e. The molecule has 2 fully saturated rings. The molecule has 4 heterocycles. The molecule has 0 saturated carbocycles. The van der Waals surface area contributed by atoms with Crippen molar-refractivity contribution in [2.45, 2.75) is 29.3 Å². The topological polar surface area (TPSA) is 215 Å². The van der Waals surface area contributed by atoms with Gasteiger partial charge in [-0.2, -0.15) is 8.42 Å². The number of carbonyl (C=O) groups excluding carboxylic acids is 2. The highest BCUT2D eigenvalue weighted by Crippen LogP contribution is 2.45. The van der Waals surface area contributed by atoms with Gasteiger partial charge in [0, 0.05) is 25.0 Å². The Morgan fingerprint density at radius 1 is 1.42 bits per heavy atom. The Bertz CT molecular complexity index is 1190. The third-order valence-corrected chi connectivity index (χ3v) is 8.24. The summed E-state index contributed by atoms with van der Waals surface area (Å²) in [7, 11) is -4.36. The summed E-state index contributed by atoms with van der Waals surface area (Å²) >= 11 is 2.10. The van der Waals surface area contributed by atoms with Crippen molar-refractivity contribution in [3.05, 3.63) is 12.2 Å². The van der Waals surface area contributed by atoms with Gasteiger partial charge in [0.2, 0.25) is 11.8 Å². The maximum Gasteiger partial charge on any atom is 0.313 e. The molecule has 33 heavy (non-hydrogen) atoms. The van der Waals surface area contributed by atoms with Crippen LogP contribution in [0.4, 0.5) is 0 Å². The minimum atomic E-state index is -4.36. The van der Waals surface area contributed by atoms with E-state index in [1.54, 1.807) is 0 Å². The van der Waals surface area contributed by atoms with Gasteiger partial charge in [0.05, 0.1) is 0 Å². The predicted molar refractivity (Wildman–Crippen MR) is 109 cm³/mol. The van der Waals surface area contributed by atoms with Crippen molar-refractivity contribution < 1.29 is 36.9 Å². The van der Waals surface area contributed by atoms with Crippen molar-refractivity contribution in [2.75, 3.05) is 23.1 Å². The number of carbonyl (C=O) groups is 3. The molecule has 2 amide bonds. The van der Waals surface area contributed by atoms with Gasteiger partial charge >= 0.3 is 5.97 Å². The summed E-state index contributed by atoms with van der Waals surface area (Å²) in [5, 5.41) is 28.2. The van der Waals surface area contributed by atoms with Crippen LogP contribution in [0.3, 0.4) is 0 Å². The van der Waals surface area contributed by atoms with E-state index in [-0.39, 0.29) is 29.2 Å². The van der Waals surface area contributed by atoms with E-state index >= 15 is 0 Å². The number of thioether (sulfide) groups is 2. The number of aromatic nitrogens is 6. The highest BCUT2D eigenvalue weighted by atomic mass is 32.2. The monoisotopic (exact) mass is 520 g/mol. The Kier molecular flexibility index (Phi) is 6.05. The number of hydrogen-bond acceptors (Lipinski definition) is 13. The molecule has 2 saturated heterocycles. The zero-order chi connectivity index (χ0) is 24.0. The highest BCUT2D eigenvalue weighted by Gasteiger charge is 2.60. The van der Waals surface area contributed by atoms with Crippen LogP contribution in [0.5, 0.6) is 0 Å². The van der Waals surface area contributed by atoms with Crippen molar-refractivity contribution in [1.82, 2.24) is 35.4 Å². The van der Waals surface area contributed by atoms with Gasteiger partial charge in [0.25, 0.3) is 21.2 Å². The van der Waals surface area contributed by atoms with E-state index in [0.717, 1.165) is 21.6 Å². The van der Waals surface area contributed by atoms with E-state index in [0.29, 0.717) is 0 Å². The molecule has 2 N–H and O–H groups in total. The number of tetrazole rings is 1. The van der Waals surface area contributed by atoms with Crippen molar-refractivity contribution in [1.29, 1.82) is 0 Å². The third-order valence-electron chi connectivity index (χ3n) is 4.94. The molecule has 2 aliphatic rings. The molecule has 0 spiro atoms. The van der Waals surface area contributed by atoms with Crippen LogP contribution >= 0.6 is 23.5 Å². The second-order valence-electron chi connectivity index (χ2n) is 7.27. The molecule has 2 aliphatic heterocycles. The Balaban J connectivity index is 1.46. The smallest absolute Gasteiger partial charge is 0.313 e. The summed E-state index contributed by atoms with van der Waals surface area (Å²) in [5.41, 5.74) is -1.36. The molecule has 0 radical (unpaired) electrons. The van der Waals surface area contributed by atoms with Gasteiger partial charge in [-0.1, -0.05) is 11.8 Å². The van der Waals surface area contributed by atoms with Gasteiger partial charge in [-0.3, -0.25) is 18.9 Å². The summed E-state index contributed by atoms with van der Waals surface area (Å²) in [4.78, 5) is 39.6. The zero-order valence-electron chi connectivity index (χ0n) is 16.7. The second-order valence-corrected chi connectivity index (χ2v) is 10.8. The summed E-state index contributed by atoms with van der Waals surface area (Å²) in [6.45, 7) is 1.15. The summed E-state index contributed by atoms with van der Waals surface area (Å²) in [6.07, 6.45) is 1.18.